The third-order valence-corrected chi connectivity index (χ3v) is 5.15. The van der Waals surface area contributed by atoms with E-state index in [1.165, 1.54) is 17.0 Å². The van der Waals surface area contributed by atoms with Gasteiger partial charge in [0.1, 0.15) is 20.8 Å². The molecule has 0 bridgehead atoms. The molecule has 5 N–H and O–H groups in total. The maximum atomic E-state index is 15.2. The average Bonchev–Trinajstić information content (AvgIpc) is 3.07. The lowest BCUT2D eigenvalue weighted by Crippen LogP contribution is -2.26. The van der Waals surface area contributed by atoms with Gasteiger partial charge in [0.15, 0.2) is 11.6 Å². The van der Waals surface area contributed by atoms with E-state index in [0.29, 0.717) is 5.52 Å². The van der Waals surface area contributed by atoms with Crippen molar-refractivity contribution in [3.63, 3.8) is 0 Å². The Morgan fingerprint density at radius 2 is 2.14 bits per heavy atom. The molecule has 9 nitrogen and oxygen atoms in total. The molecule has 0 aliphatic carbocycles. The van der Waals surface area contributed by atoms with Crippen molar-refractivity contribution in [1.29, 1.82) is 0 Å². The molecule has 0 saturated heterocycles. The largest absolute Gasteiger partial charge is 0.507 e. The van der Waals surface area contributed by atoms with Gasteiger partial charge in [-0.2, -0.15) is 0 Å². The third-order valence-electron chi connectivity index (χ3n) is 3.98. The highest BCUT2D eigenvalue weighted by Crippen LogP contribution is 2.45. The lowest BCUT2D eigenvalue weighted by atomic mass is 10.1. The number of carbonyl (C=O) groups excluding carboxylic acids is 1. The highest BCUT2D eigenvalue weighted by Gasteiger charge is 2.23. The summed E-state index contributed by atoms with van der Waals surface area (Å²) >= 11 is 9.05. The molecular formula is C17H15BrClFN4O5. The summed E-state index contributed by atoms with van der Waals surface area (Å²) in [6.45, 7) is -0.487. The van der Waals surface area contributed by atoms with Gasteiger partial charge in [-0.15, -0.1) is 0 Å². The van der Waals surface area contributed by atoms with Gasteiger partial charge in [0.2, 0.25) is 0 Å². The predicted molar refractivity (Wildman–Crippen MR) is 107 cm³/mol. The maximum absolute atomic E-state index is 15.2. The first-order valence-electron chi connectivity index (χ1n) is 8.09. The molecule has 0 unspecified atom stereocenters. The summed E-state index contributed by atoms with van der Waals surface area (Å²) in [4.78, 5) is 21.3. The molecule has 1 amide bonds. The van der Waals surface area contributed by atoms with Crippen LogP contribution in [0, 0.1) is 5.82 Å². The topological polar surface area (TPSA) is 129 Å². The van der Waals surface area contributed by atoms with Gasteiger partial charge in [-0.05, 0) is 22.0 Å². The predicted octanol–water partition coefficient (Wildman–Crippen LogP) is 2.94. The highest BCUT2D eigenvalue weighted by molar-refractivity contribution is 9.10. The number of aromatic hydroxyl groups is 2. The number of imidazole rings is 1. The van der Waals surface area contributed by atoms with Crippen molar-refractivity contribution in [2.75, 3.05) is 18.5 Å². The molecular weight excluding hydrogens is 475 g/mol. The fourth-order valence-corrected chi connectivity index (χ4v) is 3.20. The molecule has 1 heterocycles. The fourth-order valence-electron chi connectivity index (χ4n) is 2.58. The summed E-state index contributed by atoms with van der Waals surface area (Å²) in [5, 5.41) is 31.1. The van der Waals surface area contributed by atoms with Crippen molar-refractivity contribution in [2.24, 2.45) is 7.05 Å². The number of aliphatic hydroxyl groups excluding tert-OH is 1. The zero-order chi connectivity index (χ0) is 21.3. The number of nitrogens with one attached hydrogen (secondary N) is 2. The number of hydrogen-bond donors (Lipinski definition) is 5. The number of aliphatic hydroxyl groups is 1. The number of halogens is 3. The molecule has 0 aliphatic rings. The molecule has 0 saturated carbocycles. The molecule has 0 radical (unpaired) electrons. The van der Waals surface area contributed by atoms with Crippen LogP contribution in [-0.4, -0.2) is 44.0 Å². The van der Waals surface area contributed by atoms with Crippen LogP contribution < -0.4 is 10.8 Å². The molecule has 0 spiro atoms. The lowest BCUT2D eigenvalue weighted by Gasteiger charge is -2.16. The SMILES string of the molecule is Cn1cnc2c(F)c(Nc3cc(O)c(Br)c(O)c3Cl)c(C(=O)NOCCO)cc21. The van der Waals surface area contributed by atoms with Gasteiger partial charge in [-0.1, -0.05) is 11.6 Å². The van der Waals surface area contributed by atoms with Crippen LogP contribution in [0.1, 0.15) is 10.4 Å². The Morgan fingerprint density at radius 3 is 2.83 bits per heavy atom. The second-order valence-electron chi connectivity index (χ2n) is 5.88. The average molecular weight is 490 g/mol. The molecule has 2 aromatic carbocycles. The second kappa shape index (κ2) is 8.41. The number of aryl methyl sites for hydroxylation is 1. The zero-order valence-electron chi connectivity index (χ0n) is 14.8. The first-order valence-corrected chi connectivity index (χ1v) is 9.26. The Balaban J connectivity index is 2.14. The normalized spacial score (nSPS) is 11.1. The van der Waals surface area contributed by atoms with Gasteiger partial charge in [0.25, 0.3) is 5.91 Å². The van der Waals surface area contributed by atoms with Crippen LogP contribution in [0.2, 0.25) is 5.02 Å². The summed E-state index contributed by atoms with van der Waals surface area (Å²) < 4.78 is 16.7. The minimum absolute atomic E-state index is 0.00972. The van der Waals surface area contributed by atoms with E-state index in [0.717, 1.165) is 6.07 Å². The van der Waals surface area contributed by atoms with Gasteiger partial charge < -0.3 is 25.2 Å². The molecule has 0 aliphatic heterocycles. The minimum atomic E-state index is -0.853. The Bertz CT molecular complexity index is 1110. The first-order chi connectivity index (χ1) is 13.8. The summed E-state index contributed by atoms with van der Waals surface area (Å²) in [5.41, 5.74) is 1.92. The Hall–Kier alpha value is -2.60. The van der Waals surface area contributed by atoms with Crippen LogP contribution >= 0.6 is 27.5 Å². The van der Waals surface area contributed by atoms with Crippen molar-refractivity contribution >= 4 is 55.8 Å². The number of aromatic nitrogens is 2. The molecule has 154 valence electrons. The van der Waals surface area contributed by atoms with Crippen molar-refractivity contribution < 1.29 is 29.3 Å². The number of hydroxylamine groups is 1. The fraction of sp³-hybridized carbons (Fsp3) is 0.176. The number of rotatable bonds is 6. The van der Waals surface area contributed by atoms with Crippen molar-refractivity contribution in [2.45, 2.75) is 0 Å². The van der Waals surface area contributed by atoms with Crippen LogP contribution in [0.15, 0.2) is 22.9 Å². The van der Waals surface area contributed by atoms with E-state index in [1.807, 2.05) is 0 Å². The van der Waals surface area contributed by atoms with Gasteiger partial charge in [-0.3, -0.25) is 9.63 Å². The van der Waals surface area contributed by atoms with Crippen LogP contribution in [0.25, 0.3) is 11.0 Å². The number of anilines is 2. The zero-order valence-corrected chi connectivity index (χ0v) is 17.2. The monoisotopic (exact) mass is 488 g/mol. The van der Waals surface area contributed by atoms with Gasteiger partial charge in [-0.25, -0.2) is 14.9 Å². The smallest absolute Gasteiger partial charge is 0.277 e. The number of amides is 1. The summed E-state index contributed by atoms with van der Waals surface area (Å²) in [7, 11) is 1.63. The van der Waals surface area contributed by atoms with E-state index in [-0.39, 0.29) is 50.9 Å². The van der Waals surface area contributed by atoms with E-state index in [2.05, 4.69) is 31.7 Å². The number of phenolic OH excluding ortho intramolecular Hbond substituents is 2. The number of carbonyl (C=O) groups is 1. The number of phenols is 2. The Kier molecular flexibility index (Phi) is 6.13. The van der Waals surface area contributed by atoms with Crippen LogP contribution in [0.4, 0.5) is 15.8 Å². The van der Waals surface area contributed by atoms with Crippen LogP contribution in [-0.2, 0) is 11.9 Å². The van der Waals surface area contributed by atoms with Crippen LogP contribution in [0.3, 0.4) is 0 Å². The van der Waals surface area contributed by atoms with Crippen molar-refractivity contribution in [1.82, 2.24) is 15.0 Å². The van der Waals surface area contributed by atoms with E-state index in [1.54, 1.807) is 7.05 Å². The summed E-state index contributed by atoms with van der Waals surface area (Å²) in [5.74, 6) is -2.48. The molecule has 3 rings (SSSR count). The summed E-state index contributed by atoms with van der Waals surface area (Å²) in [6.07, 6.45) is 1.38. The quantitative estimate of drug-likeness (QED) is 0.266. The first kappa shape index (κ1) is 21.1. The molecule has 1 aromatic heterocycles. The number of nitrogens with zero attached hydrogens (tertiary/aromatic N) is 2. The van der Waals surface area contributed by atoms with E-state index in [9.17, 15) is 15.0 Å². The van der Waals surface area contributed by atoms with Gasteiger partial charge >= 0.3 is 0 Å². The second-order valence-corrected chi connectivity index (χ2v) is 7.06. The minimum Gasteiger partial charge on any atom is -0.507 e. The van der Waals surface area contributed by atoms with Gasteiger partial charge in [0.05, 0.1) is 42.0 Å². The van der Waals surface area contributed by atoms with E-state index < -0.39 is 17.5 Å². The maximum Gasteiger partial charge on any atom is 0.277 e. The van der Waals surface area contributed by atoms with Crippen LogP contribution in [0.5, 0.6) is 11.5 Å². The van der Waals surface area contributed by atoms with Gasteiger partial charge in [0, 0.05) is 13.1 Å². The Morgan fingerprint density at radius 1 is 1.41 bits per heavy atom. The standard InChI is InChI=1S/C17H15BrClFN4O5/c1-24-6-21-15-9(24)4-7(17(28)23-29-3-2-25)14(13(15)20)22-8-5-10(26)11(18)16(27)12(8)19/h4-6,22,25-27H,2-3H2,1H3,(H,23,28). The molecule has 3 aromatic rings. The molecule has 29 heavy (non-hydrogen) atoms. The van der Waals surface area contributed by atoms with Crippen molar-refractivity contribution in [3.05, 3.63) is 39.3 Å². The van der Waals surface area contributed by atoms with Crippen molar-refractivity contribution in [3.8, 4) is 11.5 Å². The van der Waals surface area contributed by atoms with E-state index in [4.69, 9.17) is 21.5 Å². The number of hydrogen-bond acceptors (Lipinski definition) is 7. The summed E-state index contributed by atoms with van der Waals surface area (Å²) in [6, 6.07) is 2.54. The molecule has 12 heteroatoms. The lowest BCUT2D eigenvalue weighted by molar-refractivity contribution is 0.0169. The number of fused-ring (bicyclic) bond motifs is 1. The highest BCUT2D eigenvalue weighted by atomic mass is 79.9. The third kappa shape index (κ3) is 3.94. The van der Waals surface area contributed by atoms with E-state index >= 15 is 4.39 Å². The molecule has 0 fully saturated rings. The molecule has 0 atom stereocenters. The number of benzene rings is 2. The Labute approximate surface area is 176 Å².